The highest BCUT2D eigenvalue weighted by Gasteiger charge is 2.08. The predicted molar refractivity (Wildman–Crippen MR) is 61.7 cm³/mol. The lowest BCUT2D eigenvalue weighted by atomic mass is 10.1. The zero-order chi connectivity index (χ0) is 11.3. The Morgan fingerprint density at radius 1 is 1.40 bits per heavy atom. The van der Waals surface area contributed by atoms with Crippen molar-refractivity contribution in [1.29, 1.82) is 0 Å². The SMILES string of the molecule is COc1cc(Cl)c(O)c(CCCCN)c1. The largest absolute Gasteiger partial charge is 0.506 e. The highest BCUT2D eigenvalue weighted by atomic mass is 35.5. The quantitative estimate of drug-likeness (QED) is 0.762. The van der Waals surface area contributed by atoms with E-state index in [1.807, 2.05) is 0 Å². The topological polar surface area (TPSA) is 55.5 Å². The summed E-state index contributed by atoms with van der Waals surface area (Å²) in [6.45, 7) is 0.665. The van der Waals surface area contributed by atoms with Crippen LogP contribution in [0.25, 0.3) is 0 Å². The van der Waals surface area contributed by atoms with E-state index in [2.05, 4.69) is 0 Å². The van der Waals surface area contributed by atoms with Crippen molar-refractivity contribution in [3.8, 4) is 11.5 Å². The first kappa shape index (κ1) is 12.1. The Balaban J connectivity index is 2.80. The van der Waals surface area contributed by atoms with Gasteiger partial charge in [0, 0.05) is 6.07 Å². The van der Waals surface area contributed by atoms with E-state index in [0.29, 0.717) is 17.3 Å². The highest BCUT2D eigenvalue weighted by molar-refractivity contribution is 6.32. The molecular weight excluding hydrogens is 214 g/mol. The van der Waals surface area contributed by atoms with Gasteiger partial charge in [0.2, 0.25) is 0 Å². The molecule has 0 unspecified atom stereocenters. The third-order valence-corrected chi connectivity index (χ3v) is 2.54. The van der Waals surface area contributed by atoms with Gasteiger partial charge in [-0.15, -0.1) is 0 Å². The second-order valence-electron chi connectivity index (χ2n) is 3.36. The molecule has 0 bridgehead atoms. The summed E-state index contributed by atoms with van der Waals surface area (Å²) in [6.07, 6.45) is 2.64. The van der Waals surface area contributed by atoms with E-state index in [4.69, 9.17) is 22.1 Å². The van der Waals surface area contributed by atoms with Crippen molar-refractivity contribution in [2.75, 3.05) is 13.7 Å². The Morgan fingerprint density at radius 3 is 2.73 bits per heavy atom. The van der Waals surface area contributed by atoms with Crippen LogP contribution in [0.4, 0.5) is 0 Å². The van der Waals surface area contributed by atoms with Gasteiger partial charge in [-0.3, -0.25) is 0 Å². The highest BCUT2D eigenvalue weighted by Crippen LogP contribution is 2.33. The molecular formula is C11H16ClNO2. The number of aromatic hydroxyl groups is 1. The standard InChI is InChI=1S/C11H16ClNO2/c1-15-9-6-8(4-2-3-5-13)11(14)10(12)7-9/h6-7,14H,2-5,13H2,1H3. The number of hydrogen-bond donors (Lipinski definition) is 2. The van der Waals surface area contributed by atoms with Gasteiger partial charge in [0.1, 0.15) is 11.5 Å². The van der Waals surface area contributed by atoms with Crippen LogP contribution in [0, 0.1) is 0 Å². The van der Waals surface area contributed by atoms with Gasteiger partial charge in [-0.05, 0) is 37.4 Å². The minimum absolute atomic E-state index is 0.148. The van der Waals surface area contributed by atoms with E-state index in [0.717, 1.165) is 24.8 Å². The average molecular weight is 230 g/mol. The molecule has 0 spiro atoms. The number of phenols is 1. The molecule has 0 radical (unpaired) electrons. The molecule has 0 aliphatic rings. The summed E-state index contributed by atoms with van der Waals surface area (Å²) in [5, 5.41) is 10.0. The molecule has 0 amide bonds. The Kier molecular flexibility index (Phi) is 4.72. The number of phenolic OH excluding ortho intramolecular Hbond substituents is 1. The van der Waals surface area contributed by atoms with Gasteiger partial charge in [0.25, 0.3) is 0 Å². The molecule has 3 N–H and O–H groups in total. The summed E-state index contributed by atoms with van der Waals surface area (Å²) in [4.78, 5) is 0. The number of halogens is 1. The Hall–Kier alpha value is -0.930. The van der Waals surface area contributed by atoms with Crippen molar-refractivity contribution < 1.29 is 9.84 Å². The Morgan fingerprint density at radius 2 is 2.13 bits per heavy atom. The van der Waals surface area contributed by atoms with Crippen LogP contribution in [0.2, 0.25) is 5.02 Å². The second kappa shape index (κ2) is 5.83. The van der Waals surface area contributed by atoms with Crippen LogP contribution in [0.5, 0.6) is 11.5 Å². The molecule has 1 rings (SSSR count). The monoisotopic (exact) mass is 229 g/mol. The van der Waals surface area contributed by atoms with E-state index in [9.17, 15) is 5.11 Å². The van der Waals surface area contributed by atoms with Gasteiger partial charge in [-0.1, -0.05) is 11.6 Å². The number of ether oxygens (including phenoxy) is 1. The van der Waals surface area contributed by atoms with Crippen LogP contribution in [0.3, 0.4) is 0 Å². The van der Waals surface area contributed by atoms with Gasteiger partial charge >= 0.3 is 0 Å². The maximum Gasteiger partial charge on any atom is 0.137 e. The predicted octanol–water partition coefficient (Wildman–Crippen LogP) is 2.34. The zero-order valence-corrected chi connectivity index (χ0v) is 9.55. The zero-order valence-electron chi connectivity index (χ0n) is 8.79. The maximum absolute atomic E-state index is 9.70. The summed E-state index contributed by atoms with van der Waals surface area (Å²) < 4.78 is 5.08. The average Bonchev–Trinajstić information content (AvgIpc) is 2.24. The number of nitrogens with two attached hydrogens (primary N) is 1. The van der Waals surface area contributed by atoms with Crippen molar-refractivity contribution in [1.82, 2.24) is 0 Å². The second-order valence-corrected chi connectivity index (χ2v) is 3.77. The van der Waals surface area contributed by atoms with E-state index >= 15 is 0 Å². The molecule has 1 aromatic carbocycles. The molecule has 0 aliphatic carbocycles. The van der Waals surface area contributed by atoms with Crippen LogP contribution in [-0.4, -0.2) is 18.8 Å². The molecule has 1 aromatic rings. The normalized spacial score (nSPS) is 10.3. The van der Waals surface area contributed by atoms with Crippen molar-refractivity contribution in [3.63, 3.8) is 0 Å². The van der Waals surface area contributed by atoms with E-state index < -0.39 is 0 Å². The molecule has 0 saturated heterocycles. The van der Waals surface area contributed by atoms with Crippen LogP contribution in [-0.2, 0) is 6.42 Å². The summed E-state index contributed by atoms with van der Waals surface area (Å²) in [5.41, 5.74) is 6.22. The lowest BCUT2D eigenvalue weighted by Crippen LogP contribution is -1.99. The van der Waals surface area contributed by atoms with Crippen molar-refractivity contribution in [2.45, 2.75) is 19.3 Å². The first-order valence-electron chi connectivity index (χ1n) is 4.94. The minimum atomic E-state index is 0.148. The molecule has 0 aliphatic heterocycles. The van der Waals surface area contributed by atoms with Crippen molar-refractivity contribution >= 4 is 11.6 Å². The van der Waals surface area contributed by atoms with E-state index in [1.54, 1.807) is 19.2 Å². The fourth-order valence-electron chi connectivity index (χ4n) is 1.40. The van der Waals surface area contributed by atoms with Gasteiger partial charge in [0.15, 0.2) is 0 Å². The fourth-order valence-corrected chi connectivity index (χ4v) is 1.63. The molecule has 0 saturated carbocycles. The number of hydrogen-bond acceptors (Lipinski definition) is 3. The lowest BCUT2D eigenvalue weighted by molar-refractivity contribution is 0.410. The summed E-state index contributed by atoms with van der Waals surface area (Å²) >= 11 is 5.86. The van der Waals surface area contributed by atoms with Crippen LogP contribution < -0.4 is 10.5 Å². The van der Waals surface area contributed by atoms with E-state index in [1.165, 1.54) is 0 Å². The summed E-state index contributed by atoms with van der Waals surface area (Å²) in [5.74, 6) is 0.815. The Bertz CT molecular complexity index is 329. The van der Waals surface area contributed by atoms with Gasteiger partial charge < -0.3 is 15.6 Å². The van der Waals surface area contributed by atoms with Gasteiger partial charge in [-0.2, -0.15) is 0 Å². The minimum Gasteiger partial charge on any atom is -0.506 e. The van der Waals surface area contributed by atoms with Crippen LogP contribution >= 0.6 is 11.6 Å². The molecule has 0 aromatic heterocycles. The summed E-state index contributed by atoms with van der Waals surface area (Å²) in [7, 11) is 1.58. The van der Waals surface area contributed by atoms with Crippen molar-refractivity contribution in [2.24, 2.45) is 5.73 Å². The third-order valence-electron chi connectivity index (χ3n) is 2.25. The first-order chi connectivity index (χ1) is 7.19. The molecule has 0 atom stereocenters. The molecule has 3 nitrogen and oxygen atoms in total. The number of aryl methyl sites for hydroxylation is 1. The molecule has 0 heterocycles. The van der Waals surface area contributed by atoms with Crippen LogP contribution in [0.1, 0.15) is 18.4 Å². The number of unbranched alkanes of at least 4 members (excludes halogenated alkanes) is 1. The molecule has 15 heavy (non-hydrogen) atoms. The summed E-state index contributed by atoms with van der Waals surface area (Å²) in [6, 6.07) is 3.40. The van der Waals surface area contributed by atoms with E-state index in [-0.39, 0.29) is 5.75 Å². The third kappa shape index (κ3) is 3.29. The molecule has 0 fully saturated rings. The fraction of sp³-hybridized carbons (Fsp3) is 0.455. The van der Waals surface area contributed by atoms with Crippen LogP contribution in [0.15, 0.2) is 12.1 Å². The number of methoxy groups -OCH3 is 1. The lowest BCUT2D eigenvalue weighted by Gasteiger charge is -2.08. The molecule has 84 valence electrons. The first-order valence-corrected chi connectivity index (χ1v) is 5.32. The Labute approximate surface area is 94.8 Å². The van der Waals surface area contributed by atoms with Gasteiger partial charge in [0.05, 0.1) is 12.1 Å². The van der Waals surface area contributed by atoms with Gasteiger partial charge in [-0.25, -0.2) is 0 Å². The maximum atomic E-state index is 9.70. The number of rotatable bonds is 5. The molecule has 4 heteroatoms. The van der Waals surface area contributed by atoms with Crippen molar-refractivity contribution in [3.05, 3.63) is 22.7 Å². The smallest absolute Gasteiger partial charge is 0.137 e. The number of benzene rings is 1.